The number of nitrogens with one attached hydrogen (secondary N) is 1. The lowest BCUT2D eigenvalue weighted by molar-refractivity contribution is 0.102. The maximum absolute atomic E-state index is 12.3. The molecule has 0 saturated carbocycles. The minimum absolute atomic E-state index is 0.141. The lowest BCUT2D eigenvalue weighted by Gasteiger charge is -2.08. The third-order valence-corrected chi connectivity index (χ3v) is 3.85. The van der Waals surface area contributed by atoms with Crippen LogP contribution in [0.3, 0.4) is 0 Å². The summed E-state index contributed by atoms with van der Waals surface area (Å²) < 4.78 is 6.35. The Hall–Kier alpha value is -1.55. The first-order chi connectivity index (χ1) is 8.90. The van der Waals surface area contributed by atoms with E-state index in [1.165, 1.54) is 0 Å². The Labute approximate surface area is 121 Å². The van der Waals surface area contributed by atoms with Crippen LogP contribution in [0.15, 0.2) is 27.1 Å². The average Bonchev–Trinajstić information content (AvgIpc) is 2.58. The zero-order valence-corrected chi connectivity index (χ0v) is 13.0. The van der Waals surface area contributed by atoms with E-state index < -0.39 is 0 Å². The van der Waals surface area contributed by atoms with Gasteiger partial charge in [0.05, 0.1) is 11.3 Å². The molecule has 0 fully saturated rings. The molecule has 2 aromatic rings. The van der Waals surface area contributed by atoms with Gasteiger partial charge in [-0.25, -0.2) is 0 Å². The first-order valence-corrected chi connectivity index (χ1v) is 6.83. The number of hydrogen-bond acceptors (Lipinski definition) is 2. The zero-order chi connectivity index (χ0) is 14.2. The monoisotopic (exact) mass is 321 g/mol. The number of carbonyl (C=O) groups excluding carboxylic acids is 1. The van der Waals surface area contributed by atoms with Crippen molar-refractivity contribution in [2.45, 2.75) is 27.7 Å². The number of carbonyl (C=O) groups is 1. The van der Waals surface area contributed by atoms with Crippen molar-refractivity contribution >= 4 is 27.5 Å². The molecule has 0 atom stereocenters. The van der Waals surface area contributed by atoms with Crippen LogP contribution >= 0.6 is 15.9 Å². The number of aryl methyl sites for hydroxylation is 3. The Morgan fingerprint density at radius 2 is 1.84 bits per heavy atom. The van der Waals surface area contributed by atoms with Gasteiger partial charge >= 0.3 is 0 Å². The van der Waals surface area contributed by atoms with Crippen LogP contribution in [0.25, 0.3) is 0 Å². The minimum Gasteiger partial charge on any atom is -0.466 e. The zero-order valence-electron chi connectivity index (χ0n) is 11.4. The summed E-state index contributed by atoms with van der Waals surface area (Å²) in [6, 6.07) is 5.84. The standard InChI is InChI=1S/C15H16BrNO2/c1-8-5-6-12(16)13(7-8)17-15(18)14-9(2)10(3)19-11(14)4/h5-7H,1-4H3,(H,17,18). The molecule has 2 rings (SSSR count). The number of benzene rings is 1. The van der Waals surface area contributed by atoms with E-state index in [4.69, 9.17) is 4.42 Å². The largest absolute Gasteiger partial charge is 0.466 e. The highest BCUT2D eigenvalue weighted by atomic mass is 79.9. The molecule has 0 aliphatic rings. The summed E-state index contributed by atoms with van der Waals surface area (Å²) in [5, 5.41) is 2.92. The molecular weight excluding hydrogens is 306 g/mol. The fourth-order valence-corrected chi connectivity index (χ4v) is 2.39. The Kier molecular flexibility index (Phi) is 3.80. The van der Waals surface area contributed by atoms with Gasteiger partial charge in [0.1, 0.15) is 11.5 Å². The van der Waals surface area contributed by atoms with Gasteiger partial charge in [0.25, 0.3) is 5.91 Å². The number of halogens is 1. The van der Waals surface area contributed by atoms with Gasteiger partial charge in [-0.05, 0) is 61.3 Å². The highest BCUT2D eigenvalue weighted by molar-refractivity contribution is 9.10. The molecule has 19 heavy (non-hydrogen) atoms. The summed E-state index contributed by atoms with van der Waals surface area (Å²) in [6.45, 7) is 7.55. The summed E-state index contributed by atoms with van der Waals surface area (Å²) >= 11 is 3.44. The smallest absolute Gasteiger partial charge is 0.259 e. The predicted octanol–water partition coefficient (Wildman–Crippen LogP) is 4.53. The van der Waals surface area contributed by atoms with Crippen LogP contribution in [0.1, 0.15) is 33.0 Å². The van der Waals surface area contributed by atoms with Gasteiger partial charge in [0.2, 0.25) is 0 Å². The van der Waals surface area contributed by atoms with Gasteiger partial charge in [0, 0.05) is 10.0 Å². The molecule has 100 valence electrons. The normalized spacial score (nSPS) is 10.6. The van der Waals surface area contributed by atoms with Crippen molar-refractivity contribution in [2.75, 3.05) is 5.32 Å². The highest BCUT2D eigenvalue weighted by Gasteiger charge is 2.19. The van der Waals surface area contributed by atoms with Gasteiger partial charge in [-0.15, -0.1) is 0 Å². The lowest BCUT2D eigenvalue weighted by Crippen LogP contribution is -2.14. The second-order valence-corrected chi connectivity index (χ2v) is 5.51. The number of furan rings is 1. The second-order valence-electron chi connectivity index (χ2n) is 4.65. The van der Waals surface area contributed by atoms with Crippen molar-refractivity contribution in [1.82, 2.24) is 0 Å². The minimum atomic E-state index is -0.141. The van der Waals surface area contributed by atoms with Crippen LogP contribution in [0.5, 0.6) is 0 Å². The van der Waals surface area contributed by atoms with E-state index in [2.05, 4.69) is 21.2 Å². The van der Waals surface area contributed by atoms with E-state index in [-0.39, 0.29) is 5.91 Å². The van der Waals surface area contributed by atoms with Crippen LogP contribution in [0, 0.1) is 27.7 Å². The molecule has 0 aliphatic carbocycles. The maximum Gasteiger partial charge on any atom is 0.259 e. The Bertz CT molecular complexity index is 644. The van der Waals surface area contributed by atoms with Gasteiger partial charge in [0.15, 0.2) is 0 Å². The van der Waals surface area contributed by atoms with E-state index in [1.54, 1.807) is 6.92 Å². The van der Waals surface area contributed by atoms with Crippen LogP contribution in [-0.2, 0) is 0 Å². The molecule has 1 heterocycles. The molecule has 1 amide bonds. The van der Waals surface area contributed by atoms with E-state index in [9.17, 15) is 4.79 Å². The molecule has 0 radical (unpaired) electrons. The Balaban J connectivity index is 2.33. The molecule has 3 nitrogen and oxygen atoms in total. The van der Waals surface area contributed by atoms with Crippen molar-refractivity contribution in [3.05, 3.63) is 50.9 Å². The fourth-order valence-electron chi connectivity index (χ4n) is 2.05. The summed E-state index contributed by atoms with van der Waals surface area (Å²) in [7, 11) is 0. The topological polar surface area (TPSA) is 42.2 Å². The number of anilines is 1. The van der Waals surface area contributed by atoms with Crippen molar-refractivity contribution in [1.29, 1.82) is 0 Å². The Morgan fingerprint density at radius 1 is 1.16 bits per heavy atom. The van der Waals surface area contributed by atoms with E-state index >= 15 is 0 Å². The molecule has 0 aliphatic heterocycles. The third kappa shape index (κ3) is 2.73. The molecule has 1 N–H and O–H groups in total. The van der Waals surface area contributed by atoms with Gasteiger partial charge in [-0.3, -0.25) is 4.79 Å². The first-order valence-electron chi connectivity index (χ1n) is 6.04. The van der Waals surface area contributed by atoms with E-state index in [1.807, 2.05) is 39.0 Å². The van der Waals surface area contributed by atoms with E-state index in [0.717, 1.165) is 27.0 Å². The quantitative estimate of drug-likeness (QED) is 0.883. The molecule has 1 aromatic carbocycles. The van der Waals surface area contributed by atoms with Crippen molar-refractivity contribution in [3.8, 4) is 0 Å². The summed E-state index contributed by atoms with van der Waals surface area (Å²) in [6.07, 6.45) is 0. The fraction of sp³-hybridized carbons (Fsp3) is 0.267. The van der Waals surface area contributed by atoms with Crippen LogP contribution < -0.4 is 5.32 Å². The lowest BCUT2D eigenvalue weighted by atomic mass is 10.1. The third-order valence-electron chi connectivity index (χ3n) is 3.16. The van der Waals surface area contributed by atoms with Crippen molar-refractivity contribution in [2.24, 2.45) is 0 Å². The molecule has 4 heteroatoms. The van der Waals surface area contributed by atoms with Crippen LogP contribution in [-0.4, -0.2) is 5.91 Å². The molecule has 0 bridgehead atoms. The summed E-state index contributed by atoms with van der Waals surface area (Å²) in [5.41, 5.74) is 3.36. The average molecular weight is 322 g/mol. The first kappa shape index (κ1) is 13.9. The Morgan fingerprint density at radius 3 is 2.42 bits per heavy atom. The second kappa shape index (κ2) is 5.21. The van der Waals surface area contributed by atoms with Gasteiger partial charge in [-0.2, -0.15) is 0 Å². The summed E-state index contributed by atoms with van der Waals surface area (Å²) in [4.78, 5) is 12.3. The van der Waals surface area contributed by atoms with E-state index in [0.29, 0.717) is 11.3 Å². The maximum atomic E-state index is 12.3. The van der Waals surface area contributed by atoms with Gasteiger partial charge in [-0.1, -0.05) is 6.07 Å². The highest BCUT2D eigenvalue weighted by Crippen LogP contribution is 2.26. The molecule has 0 saturated heterocycles. The van der Waals surface area contributed by atoms with Crippen LogP contribution in [0.2, 0.25) is 0 Å². The van der Waals surface area contributed by atoms with Crippen LogP contribution in [0.4, 0.5) is 5.69 Å². The van der Waals surface area contributed by atoms with Gasteiger partial charge < -0.3 is 9.73 Å². The number of rotatable bonds is 2. The molecular formula is C15H16BrNO2. The summed E-state index contributed by atoms with van der Waals surface area (Å²) in [5.74, 6) is 1.29. The molecule has 0 unspecified atom stereocenters. The van der Waals surface area contributed by atoms with Crippen molar-refractivity contribution < 1.29 is 9.21 Å². The number of hydrogen-bond donors (Lipinski definition) is 1. The SMILES string of the molecule is Cc1ccc(Br)c(NC(=O)c2c(C)oc(C)c2C)c1. The number of amides is 1. The predicted molar refractivity (Wildman–Crippen MR) is 79.8 cm³/mol. The molecule has 1 aromatic heterocycles. The molecule has 0 spiro atoms. The van der Waals surface area contributed by atoms with Crippen molar-refractivity contribution in [3.63, 3.8) is 0 Å².